The second kappa shape index (κ2) is 25.9. The number of likely N-dealkylation sites (N-methyl/N-ethyl adjacent to an activating group) is 1. The molecular formula is C54H78N6O13. The first-order valence-electron chi connectivity index (χ1n) is 25.1. The van der Waals surface area contributed by atoms with Crippen molar-refractivity contribution in [1.29, 1.82) is 0 Å². The number of rotatable bonds is 19. The molecule has 4 rings (SSSR count). The fourth-order valence-corrected chi connectivity index (χ4v) is 9.11. The third kappa shape index (κ3) is 17.0. The summed E-state index contributed by atoms with van der Waals surface area (Å²) in [6.45, 7) is 14.2. The number of primary amides is 1. The fraction of sp³-hybridized carbons (Fsp3) is 0.611. The van der Waals surface area contributed by atoms with Gasteiger partial charge in [0.1, 0.15) is 40.6 Å². The number of likely N-dealkylation sites (tertiary alicyclic amines) is 1. The molecule has 2 aromatic rings. The van der Waals surface area contributed by atoms with Gasteiger partial charge in [-0.3, -0.25) is 33.6 Å². The van der Waals surface area contributed by atoms with E-state index in [2.05, 4.69) is 10.6 Å². The van der Waals surface area contributed by atoms with Crippen LogP contribution in [0.2, 0.25) is 0 Å². The third-order valence-electron chi connectivity index (χ3n) is 12.9. The first-order valence-corrected chi connectivity index (χ1v) is 25.1. The molecule has 6 atom stereocenters. The van der Waals surface area contributed by atoms with Gasteiger partial charge in [-0.1, -0.05) is 32.4 Å². The summed E-state index contributed by atoms with van der Waals surface area (Å²) in [5.41, 5.74) is 6.18. The Bertz CT molecular complexity index is 2360. The number of nitrogens with one attached hydrogen (secondary N) is 2. The zero-order valence-electron chi connectivity index (χ0n) is 44.8. The maximum absolute atomic E-state index is 15.0. The van der Waals surface area contributed by atoms with Gasteiger partial charge in [-0.05, 0) is 109 Å². The van der Waals surface area contributed by atoms with Crippen LogP contribution in [0.25, 0.3) is 11.1 Å². The van der Waals surface area contributed by atoms with Crippen molar-refractivity contribution in [3.05, 3.63) is 47.5 Å². The van der Waals surface area contributed by atoms with Crippen molar-refractivity contribution in [3.63, 3.8) is 0 Å². The van der Waals surface area contributed by atoms with E-state index in [-0.39, 0.29) is 57.4 Å². The van der Waals surface area contributed by atoms with E-state index in [1.165, 1.54) is 43.0 Å². The minimum Gasteiger partial charge on any atom is -0.496 e. The predicted octanol–water partition coefficient (Wildman–Crippen LogP) is 6.11. The molecule has 1 saturated heterocycles. The molecule has 0 spiro atoms. The molecule has 0 aromatic heterocycles. The Hall–Kier alpha value is -6.53. The van der Waals surface area contributed by atoms with Crippen LogP contribution in [0, 0.1) is 17.8 Å². The molecular weight excluding hydrogens is 941 g/mol. The molecule has 4 N–H and O–H groups in total. The maximum Gasteiger partial charge on any atom is 0.410 e. The van der Waals surface area contributed by atoms with Crippen LogP contribution in [-0.2, 0) is 49.5 Å². The number of hydrogen-bond donors (Lipinski definition) is 3. The van der Waals surface area contributed by atoms with E-state index >= 15 is 0 Å². The van der Waals surface area contributed by atoms with Gasteiger partial charge in [0.15, 0.2) is 11.6 Å². The van der Waals surface area contributed by atoms with Gasteiger partial charge in [0, 0.05) is 88.3 Å². The highest BCUT2D eigenvalue weighted by molar-refractivity contribution is 5.97. The lowest BCUT2D eigenvalue weighted by Crippen LogP contribution is -2.48. The van der Waals surface area contributed by atoms with Crippen molar-refractivity contribution in [3.8, 4) is 22.6 Å². The van der Waals surface area contributed by atoms with E-state index < -0.39 is 94.5 Å². The van der Waals surface area contributed by atoms with Crippen LogP contribution in [0.1, 0.15) is 130 Å². The first-order chi connectivity index (χ1) is 34.1. The lowest BCUT2D eigenvalue weighted by molar-refractivity contribution is -0.144. The molecule has 0 saturated carbocycles. The van der Waals surface area contributed by atoms with Gasteiger partial charge < -0.3 is 50.0 Å². The average molecular weight is 1020 g/mol. The minimum absolute atomic E-state index is 0.0209. The molecule has 19 nitrogen and oxygen atoms in total. The number of nitrogens with two attached hydrogens (primary N) is 1. The van der Waals surface area contributed by atoms with E-state index in [0.29, 0.717) is 66.0 Å². The molecule has 19 heteroatoms. The summed E-state index contributed by atoms with van der Waals surface area (Å²) in [4.78, 5) is 127. The van der Waals surface area contributed by atoms with Gasteiger partial charge in [0.25, 0.3) is 0 Å². The SMILES string of the molecule is COc1ccc2cc1-c1cc(ccc1OC)[C@H](N(C)C(=O)[C@H](CCCCNC(=O)OC(C)(C)C)CC(=O)CCN(C)C(=O)OC(C)(C)C)C(=O)C[C@@H](C)C(=O)N[C@H](C(=O)C[C@@H](C)C(=O)N1CCC[C@H]1C(N)=O)C2. The lowest BCUT2D eigenvalue weighted by atomic mass is 9.87. The molecule has 2 aliphatic heterocycles. The Morgan fingerprint density at radius 1 is 0.863 bits per heavy atom. The highest BCUT2D eigenvalue weighted by Gasteiger charge is 2.39. The lowest BCUT2D eigenvalue weighted by Gasteiger charge is -2.32. The summed E-state index contributed by atoms with van der Waals surface area (Å²) in [6, 6.07) is 7.16. The van der Waals surface area contributed by atoms with Crippen molar-refractivity contribution in [1.82, 2.24) is 25.3 Å². The fourth-order valence-electron chi connectivity index (χ4n) is 9.11. The summed E-state index contributed by atoms with van der Waals surface area (Å²) >= 11 is 0. The highest BCUT2D eigenvalue weighted by Crippen LogP contribution is 2.41. The Balaban J connectivity index is 1.72. The molecule has 0 aliphatic carbocycles. The van der Waals surface area contributed by atoms with Gasteiger partial charge in [-0.25, -0.2) is 9.59 Å². The average Bonchev–Trinajstić information content (AvgIpc) is 3.81. The van der Waals surface area contributed by atoms with Crippen LogP contribution < -0.4 is 25.8 Å². The molecule has 2 heterocycles. The van der Waals surface area contributed by atoms with Crippen LogP contribution in [0.15, 0.2) is 36.4 Å². The zero-order chi connectivity index (χ0) is 54.5. The van der Waals surface area contributed by atoms with Crippen LogP contribution in [-0.4, -0.2) is 139 Å². The van der Waals surface area contributed by atoms with Gasteiger partial charge in [0.05, 0.1) is 20.3 Å². The number of benzene rings is 2. The number of Topliss-reactive ketones (excluding diaryl/α,β-unsaturated/α-hetero) is 3. The number of nitrogens with zero attached hydrogens (tertiary/aromatic N) is 3. The summed E-state index contributed by atoms with van der Waals surface area (Å²) in [7, 11) is 5.98. The number of carbonyl (C=O) groups excluding carboxylic acids is 9. The molecule has 4 bridgehead atoms. The molecule has 402 valence electrons. The molecule has 0 unspecified atom stereocenters. The zero-order valence-corrected chi connectivity index (χ0v) is 44.8. The van der Waals surface area contributed by atoms with E-state index in [9.17, 15) is 43.2 Å². The number of ether oxygens (including phenoxy) is 4. The topological polar surface area (TPSA) is 250 Å². The van der Waals surface area contributed by atoms with Crippen LogP contribution in [0.5, 0.6) is 11.5 Å². The standard InChI is InChI=1S/C54H78N6O13/c1-32-26-43(63)46(59(10)50(67)36(16-13-14-23-56-51(68)72-53(3,4)5)30-37(61)22-25-58(9)52(69)73-54(6,7)8)35-19-21-45(71-12)39(31-35)38-28-34(18-20-44(38)70-11)29-40(57-48(32)65)42(62)27-33(2)49(66)60-24-15-17-41(60)47(55)64/h18-21,28,31-33,36,40-41,46H,13-17,22-27,29-30H2,1-12H3,(H2,55,64)(H,56,68)(H,57,65)/t32-,33-,36-,40+,41+,46+/m1/s1. The summed E-state index contributed by atoms with van der Waals surface area (Å²) in [5.74, 6) is -5.32. The molecule has 2 aliphatic rings. The summed E-state index contributed by atoms with van der Waals surface area (Å²) < 4.78 is 22.5. The Labute approximate surface area is 429 Å². The molecule has 1 fully saturated rings. The highest BCUT2D eigenvalue weighted by atomic mass is 16.6. The van der Waals surface area contributed by atoms with Crippen LogP contribution in [0.4, 0.5) is 9.59 Å². The second-order valence-electron chi connectivity index (χ2n) is 21.4. The number of methoxy groups -OCH3 is 2. The van der Waals surface area contributed by atoms with E-state index in [4.69, 9.17) is 24.7 Å². The number of carbonyl (C=O) groups is 9. The smallest absolute Gasteiger partial charge is 0.410 e. The third-order valence-corrected chi connectivity index (χ3v) is 12.9. The number of amides is 6. The molecule has 2 aromatic carbocycles. The number of ketones is 3. The van der Waals surface area contributed by atoms with Crippen LogP contribution in [0.3, 0.4) is 0 Å². The predicted molar refractivity (Wildman–Crippen MR) is 272 cm³/mol. The van der Waals surface area contributed by atoms with Crippen LogP contribution >= 0.6 is 0 Å². The molecule has 73 heavy (non-hydrogen) atoms. The van der Waals surface area contributed by atoms with Crippen molar-refractivity contribution in [2.24, 2.45) is 23.5 Å². The first kappa shape index (κ1) is 59.0. The van der Waals surface area contributed by atoms with Crippen molar-refractivity contribution in [2.75, 3.05) is 47.9 Å². The summed E-state index contributed by atoms with van der Waals surface area (Å²) in [5, 5.41) is 5.58. The van der Waals surface area contributed by atoms with Crippen molar-refractivity contribution >= 4 is 53.2 Å². The van der Waals surface area contributed by atoms with Crippen molar-refractivity contribution in [2.45, 2.75) is 149 Å². The molecule has 0 radical (unpaired) electrons. The van der Waals surface area contributed by atoms with E-state index in [1.54, 1.807) is 91.8 Å². The Morgan fingerprint density at radius 3 is 2.11 bits per heavy atom. The number of hydrogen-bond acceptors (Lipinski definition) is 13. The quantitative estimate of drug-likeness (QED) is 0.135. The normalized spacial score (nSPS) is 19.0. The maximum atomic E-state index is 15.0. The minimum atomic E-state index is -1.28. The number of fused-ring (bicyclic) bond motifs is 5. The van der Waals surface area contributed by atoms with Gasteiger partial charge in [0.2, 0.25) is 23.6 Å². The second-order valence-corrected chi connectivity index (χ2v) is 21.4. The Kier molecular flexibility index (Phi) is 21.0. The van der Waals surface area contributed by atoms with E-state index in [0.717, 1.165) is 0 Å². The largest absolute Gasteiger partial charge is 0.496 e. The summed E-state index contributed by atoms with van der Waals surface area (Å²) in [6.07, 6.45) is -0.00595. The van der Waals surface area contributed by atoms with Gasteiger partial charge >= 0.3 is 12.2 Å². The number of alkyl carbamates (subject to hydrolysis) is 1. The van der Waals surface area contributed by atoms with E-state index in [1.807, 2.05) is 0 Å². The number of unbranched alkanes of at least 4 members (excludes halogenated alkanes) is 1. The van der Waals surface area contributed by atoms with Gasteiger partial charge in [-0.15, -0.1) is 0 Å². The van der Waals surface area contributed by atoms with Crippen molar-refractivity contribution < 1.29 is 62.1 Å². The molecule has 6 amide bonds. The van der Waals surface area contributed by atoms with Gasteiger partial charge in [-0.2, -0.15) is 0 Å². The Morgan fingerprint density at radius 2 is 1.49 bits per heavy atom. The monoisotopic (exact) mass is 1020 g/mol.